The third kappa shape index (κ3) is 3.80. The Bertz CT molecular complexity index is 736. The summed E-state index contributed by atoms with van der Waals surface area (Å²) in [5.41, 5.74) is 1.60. The monoisotopic (exact) mass is 353 g/mol. The number of rotatable bonds is 5. The first-order valence-corrected chi connectivity index (χ1v) is 9.63. The zero-order chi connectivity index (χ0) is 17.8. The molecule has 26 heavy (non-hydrogen) atoms. The fourth-order valence-electron chi connectivity index (χ4n) is 4.26. The highest BCUT2D eigenvalue weighted by Gasteiger charge is 2.39. The SMILES string of the molecule is O=C1CCC2(CCNCC2)CN1Cc1nncn1CCc1ccccc1. The molecule has 2 saturated heterocycles. The Balaban J connectivity index is 1.42. The third-order valence-electron chi connectivity index (χ3n) is 5.92. The molecule has 1 aromatic carbocycles. The lowest BCUT2D eigenvalue weighted by atomic mass is 9.73. The van der Waals surface area contributed by atoms with Crippen LogP contribution in [-0.2, 0) is 24.3 Å². The number of benzene rings is 1. The van der Waals surface area contributed by atoms with Crippen LogP contribution in [0.5, 0.6) is 0 Å². The van der Waals surface area contributed by atoms with E-state index >= 15 is 0 Å². The van der Waals surface area contributed by atoms with Gasteiger partial charge >= 0.3 is 0 Å². The predicted octanol–water partition coefficient (Wildman–Crippen LogP) is 2.01. The molecule has 6 nitrogen and oxygen atoms in total. The lowest BCUT2D eigenvalue weighted by Gasteiger charge is -2.45. The van der Waals surface area contributed by atoms with Crippen molar-refractivity contribution in [1.29, 1.82) is 0 Å². The number of piperidine rings is 2. The maximum Gasteiger partial charge on any atom is 0.223 e. The molecule has 2 fully saturated rings. The van der Waals surface area contributed by atoms with Gasteiger partial charge in [0.05, 0.1) is 6.54 Å². The minimum atomic E-state index is 0.256. The maximum absolute atomic E-state index is 12.5. The number of hydrogen-bond acceptors (Lipinski definition) is 4. The number of carbonyl (C=O) groups is 1. The summed E-state index contributed by atoms with van der Waals surface area (Å²) in [6.45, 7) is 4.40. The largest absolute Gasteiger partial charge is 0.335 e. The van der Waals surface area contributed by atoms with E-state index in [1.165, 1.54) is 5.56 Å². The molecule has 1 spiro atoms. The van der Waals surface area contributed by atoms with Crippen molar-refractivity contribution < 1.29 is 4.79 Å². The molecule has 1 aromatic heterocycles. The maximum atomic E-state index is 12.5. The second-order valence-electron chi connectivity index (χ2n) is 7.68. The van der Waals surface area contributed by atoms with Gasteiger partial charge in [-0.15, -0.1) is 10.2 Å². The molecule has 0 saturated carbocycles. The Morgan fingerprint density at radius 3 is 2.73 bits per heavy atom. The molecule has 1 N–H and O–H groups in total. The molecular formula is C20H27N5O. The minimum Gasteiger partial charge on any atom is -0.335 e. The van der Waals surface area contributed by atoms with Crippen molar-refractivity contribution in [1.82, 2.24) is 25.0 Å². The Hall–Kier alpha value is -2.21. The highest BCUT2D eigenvalue weighted by atomic mass is 16.2. The van der Waals surface area contributed by atoms with E-state index in [-0.39, 0.29) is 5.91 Å². The summed E-state index contributed by atoms with van der Waals surface area (Å²) in [5, 5.41) is 11.8. The zero-order valence-corrected chi connectivity index (χ0v) is 15.2. The number of hydrogen-bond donors (Lipinski definition) is 1. The number of likely N-dealkylation sites (tertiary alicyclic amines) is 1. The average Bonchev–Trinajstić information content (AvgIpc) is 3.12. The van der Waals surface area contributed by atoms with E-state index in [9.17, 15) is 4.79 Å². The van der Waals surface area contributed by atoms with Crippen molar-refractivity contribution in [2.75, 3.05) is 19.6 Å². The summed E-state index contributed by atoms with van der Waals surface area (Å²) < 4.78 is 2.09. The Labute approximate surface area is 154 Å². The van der Waals surface area contributed by atoms with Gasteiger partial charge in [-0.3, -0.25) is 4.79 Å². The van der Waals surface area contributed by atoms with E-state index in [0.717, 1.165) is 57.7 Å². The van der Waals surface area contributed by atoms with E-state index in [1.54, 1.807) is 6.33 Å². The quantitative estimate of drug-likeness (QED) is 0.893. The molecule has 2 aromatic rings. The molecule has 6 heteroatoms. The minimum absolute atomic E-state index is 0.256. The second-order valence-corrected chi connectivity index (χ2v) is 7.68. The van der Waals surface area contributed by atoms with Gasteiger partial charge in [-0.2, -0.15) is 0 Å². The first kappa shape index (κ1) is 17.2. The van der Waals surface area contributed by atoms with Crippen molar-refractivity contribution in [3.63, 3.8) is 0 Å². The fourth-order valence-corrected chi connectivity index (χ4v) is 4.26. The summed E-state index contributed by atoms with van der Waals surface area (Å²) in [6.07, 6.45) is 6.75. The van der Waals surface area contributed by atoms with Gasteiger partial charge in [0, 0.05) is 19.5 Å². The number of amides is 1. The molecule has 0 aliphatic carbocycles. The van der Waals surface area contributed by atoms with E-state index in [4.69, 9.17) is 0 Å². The molecule has 0 bridgehead atoms. The van der Waals surface area contributed by atoms with Crippen LogP contribution in [-0.4, -0.2) is 45.2 Å². The molecule has 3 heterocycles. The van der Waals surface area contributed by atoms with Crippen LogP contribution < -0.4 is 5.32 Å². The van der Waals surface area contributed by atoms with Gasteiger partial charge in [-0.05, 0) is 49.8 Å². The zero-order valence-electron chi connectivity index (χ0n) is 15.2. The number of nitrogens with one attached hydrogen (secondary N) is 1. The van der Waals surface area contributed by atoms with Crippen LogP contribution in [0, 0.1) is 5.41 Å². The van der Waals surface area contributed by atoms with Crippen molar-refractivity contribution in [3.05, 3.63) is 48.0 Å². The van der Waals surface area contributed by atoms with E-state index in [1.807, 2.05) is 11.0 Å². The molecule has 0 radical (unpaired) electrons. The average molecular weight is 353 g/mol. The summed E-state index contributed by atoms with van der Waals surface area (Å²) in [5.74, 6) is 1.15. The predicted molar refractivity (Wildman–Crippen MR) is 99.4 cm³/mol. The van der Waals surface area contributed by atoms with Gasteiger partial charge in [0.2, 0.25) is 5.91 Å². The molecular weight excluding hydrogens is 326 g/mol. The van der Waals surface area contributed by atoms with Crippen LogP contribution >= 0.6 is 0 Å². The molecule has 1 amide bonds. The van der Waals surface area contributed by atoms with Crippen LogP contribution in [0.4, 0.5) is 0 Å². The molecule has 2 aliphatic rings. The number of aromatic nitrogens is 3. The highest BCUT2D eigenvalue weighted by Crippen LogP contribution is 2.38. The smallest absolute Gasteiger partial charge is 0.223 e. The summed E-state index contributed by atoms with van der Waals surface area (Å²) >= 11 is 0. The summed E-state index contributed by atoms with van der Waals surface area (Å²) in [6, 6.07) is 10.4. The Morgan fingerprint density at radius 2 is 1.92 bits per heavy atom. The van der Waals surface area contributed by atoms with Crippen LogP contribution in [0.1, 0.15) is 37.1 Å². The van der Waals surface area contributed by atoms with Crippen molar-refractivity contribution >= 4 is 5.91 Å². The molecule has 0 unspecified atom stereocenters. The number of aryl methyl sites for hydroxylation is 2. The van der Waals surface area contributed by atoms with Gasteiger partial charge in [0.15, 0.2) is 5.82 Å². The first-order chi connectivity index (χ1) is 12.7. The van der Waals surface area contributed by atoms with E-state index in [2.05, 4.69) is 44.3 Å². The Morgan fingerprint density at radius 1 is 1.12 bits per heavy atom. The third-order valence-corrected chi connectivity index (χ3v) is 5.92. The van der Waals surface area contributed by atoms with Crippen LogP contribution in [0.2, 0.25) is 0 Å². The van der Waals surface area contributed by atoms with Gasteiger partial charge < -0.3 is 14.8 Å². The first-order valence-electron chi connectivity index (χ1n) is 9.63. The van der Waals surface area contributed by atoms with Gasteiger partial charge in [-0.1, -0.05) is 30.3 Å². The number of carbonyl (C=O) groups excluding carboxylic acids is 1. The van der Waals surface area contributed by atoms with Crippen molar-refractivity contribution in [2.45, 2.75) is 45.2 Å². The summed E-state index contributed by atoms with van der Waals surface area (Å²) in [4.78, 5) is 14.5. The van der Waals surface area contributed by atoms with Crippen molar-refractivity contribution in [3.8, 4) is 0 Å². The van der Waals surface area contributed by atoms with Gasteiger partial charge in [0.25, 0.3) is 0 Å². The molecule has 138 valence electrons. The van der Waals surface area contributed by atoms with E-state index in [0.29, 0.717) is 18.4 Å². The fraction of sp³-hybridized carbons (Fsp3) is 0.550. The molecule has 2 aliphatic heterocycles. The normalized spacial score (nSPS) is 19.8. The standard InChI is InChI=1S/C20H27N5O/c26-19-6-8-20(9-11-21-12-10-20)15-25(19)14-18-23-22-16-24(18)13-7-17-4-2-1-3-5-17/h1-5,16,21H,6-15H2. The lowest BCUT2D eigenvalue weighted by molar-refractivity contribution is -0.139. The molecule has 0 atom stereocenters. The highest BCUT2D eigenvalue weighted by molar-refractivity contribution is 5.77. The molecule has 4 rings (SSSR count). The number of nitrogens with zero attached hydrogens (tertiary/aromatic N) is 4. The van der Waals surface area contributed by atoms with E-state index < -0.39 is 0 Å². The van der Waals surface area contributed by atoms with Crippen LogP contribution in [0.15, 0.2) is 36.7 Å². The van der Waals surface area contributed by atoms with Crippen LogP contribution in [0.3, 0.4) is 0 Å². The van der Waals surface area contributed by atoms with Gasteiger partial charge in [0.1, 0.15) is 6.33 Å². The van der Waals surface area contributed by atoms with Crippen molar-refractivity contribution in [2.24, 2.45) is 5.41 Å². The lowest BCUT2D eigenvalue weighted by Crippen LogP contribution is -2.50. The summed E-state index contributed by atoms with van der Waals surface area (Å²) in [7, 11) is 0. The topological polar surface area (TPSA) is 63.1 Å². The van der Waals surface area contributed by atoms with Crippen LogP contribution in [0.25, 0.3) is 0 Å². The van der Waals surface area contributed by atoms with Gasteiger partial charge in [-0.25, -0.2) is 0 Å². The Kier molecular flexibility index (Phi) is 5.02. The second kappa shape index (κ2) is 7.58.